The summed E-state index contributed by atoms with van der Waals surface area (Å²) in [5, 5.41) is 4.53. The zero-order valence-corrected chi connectivity index (χ0v) is 15.1. The van der Waals surface area contributed by atoms with Crippen molar-refractivity contribution < 1.29 is 4.79 Å². The summed E-state index contributed by atoms with van der Waals surface area (Å²) in [7, 11) is 0. The monoisotopic (exact) mass is 352 g/mol. The molecule has 0 saturated heterocycles. The minimum atomic E-state index is -0.412. The Balaban J connectivity index is 1.62. The quantitative estimate of drug-likeness (QED) is 0.795. The summed E-state index contributed by atoms with van der Waals surface area (Å²) >= 11 is 0. The number of hydrogen-bond acceptors (Lipinski definition) is 3. The van der Waals surface area contributed by atoms with Crippen molar-refractivity contribution in [3.8, 4) is 0 Å². The van der Waals surface area contributed by atoms with Gasteiger partial charge in [0, 0.05) is 19.5 Å². The smallest absolute Gasteiger partial charge is 0.337 e. The molecule has 136 valence electrons. The van der Waals surface area contributed by atoms with Gasteiger partial charge in [-0.05, 0) is 31.7 Å². The number of rotatable bonds is 3. The van der Waals surface area contributed by atoms with Gasteiger partial charge in [-0.15, -0.1) is 0 Å². The van der Waals surface area contributed by atoms with Crippen molar-refractivity contribution in [1.29, 1.82) is 0 Å². The fourth-order valence-corrected chi connectivity index (χ4v) is 3.79. The molecule has 1 aromatic heterocycles. The van der Waals surface area contributed by atoms with E-state index in [1.54, 1.807) is 4.57 Å². The highest BCUT2D eigenvalue weighted by Gasteiger charge is 2.33. The van der Waals surface area contributed by atoms with E-state index < -0.39 is 6.04 Å². The summed E-state index contributed by atoms with van der Waals surface area (Å²) in [6.07, 6.45) is 7.35. The summed E-state index contributed by atoms with van der Waals surface area (Å²) in [5.41, 5.74) is 2.05. The van der Waals surface area contributed by atoms with Crippen LogP contribution in [0.15, 0.2) is 41.2 Å². The van der Waals surface area contributed by atoms with Crippen LogP contribution in [0.4, 0.5) is 0 Å². The van der Waals surface area contributed by atoms with Crippen LogP contribution in [0.5, 0.6) is 0 Å². The van der Waals surface area contributed by atoms with Crippen molar-refractivity contribution in [1.82, 2.24) is 19.2 Å². The highest BCUT2D eigenvalue weighted by Crippen LogP contribution is 2.24. The maximum atomic E-state index is 13.0. The molecule has 0 bridgehead atoms. The van der Waals surface area contributed by atoms with Crippen LogP contribution in [-0.4, -0.2) is 38.2 Å². The zero-order valence-electron chi connectivity index (χ0n) is 15.1. The number of aryl methyl sites for hydroxylation is 2. The molecule has 26 heavy (non-hydrogen) atoms. The van der Waals surface area contributed by atoms with Gasteiger partial charge in [0.15, 0.2) is 0 Å². The molecule has 0 radical (unpaired) electrons. The molecule has 0 N–H and O–H groups in total. The van der Waals surface area contributed by atoms with Gasteiger partial charge < -0.3 is 4.90 Å². The SMILES string of the molecule is Cc1ccc(Cn2nc3n(c2=O)C(C(=O)N2CC=CCC2)CCC3)cc1. The molecule has 2 aromatic rings. The molecule has 6 heteroatoms. The van der Waals surface area contributed by atoms with Crippen molar-refractivity contribution in [2.45, 2.75) is 45.2 Å². The van der Waals surface area contributed by atoms with Gasteiger partial charge in [0.1, 0.15) is 11.9 Å². The van der Waals surface area contributed by atoms with Crippen molar-refractivity contribution in [3.63, 3.8) is 0 Å². The molecule has 0 spiro atoms. The topological polar surface area (TPSA) is 60.1 Å². The van der Waals surface area contributed by atoms with Gasteiger partial charge in [-0.1, -0.05) is 42.0 Å². The summed E-state index contributed by atoms with van der Waals surface area (Å²) < 4.78 is 3.14. The molecule has 1 unspecified atom stereocenters. The standard InChI is InChI=1S/C20H24N4O2/c1-15-8-10-16(11-9-15)14-23-20(26)24-17(6-5-7-18(24)21-23)19(25)22-12-3-2-4-13-22/h2-3,8-11,17H,4-7,12-14H2,1H3. The molecule has 0 fully saturated rings. The first kappa shape index (κ1) is 16.8. The van der Waals surface area contributed by atoms with Gasteiger partial charge in [-0.2, -0.15) is 5.10 Å². The Hall–Kier alpha value is -2.63. The number of carbonyl (C=O) groups excluding carboxylic acids is 1. The van der Waals surface area contributed by atoms with Crippen LogP contribution >= 0.6 is 0 Å². The van der Waals surface area contributed by atoms with E-state index in [9.17, 15) is 9.59 Å². The Bertz CT molecular complexity index is 892. The van der Waals surface area contributed by atoms with E-state index in [1.165, 1.54) is 10.2 Å². The lowest BCUT2D eigenvalue weighted by molar-refractivity contribution is -0.135. The number of hydrogen-bond donors (Lipinski definition) is 0. The second kappa shape index (κ2) is 6.94. The van der Waals surface area contributed by atoms with Crippen LogP contribution in [0.2, 0.25) is 0 Å². The summed E-state index contributed by atoms with van der Waals surface area (Å²) in [5.74, 6) is 0.784. The van der Waals surface area contributed by atoms with E-state index >= 15 is 0 Å². The highest BCUT2D eigenvalue weighted by atomic mass is 16.2. The van der Waals surface area contributed by atoms with E-state index in [1.807, 2.05) is 42.2 Å². The Labute approximate surface area is 152 Å². The maximum absolute atomic E-state index is 13.0. The molecule has 1 aromatic carbocycles. The lowest BCUT2D eigenvalue weighted by Crippen LogP contribution is -2.43. The fourth-order valence-electron chi connectivity index (χ4n) is 3.79. The first-order valence-corrected chi connectivity index (χ1v) is 9.31. The van der Waals surface area contributed by atoms with Crippen LogP contribution < -0.4 is 5.69 Å². The van der Waals surface area contributed by atoms with Crippen LogP contribution in [0, 0.1) is 6.92 Å². The fraction of sp³-hybridized carbons (Fsp3) is 0.450. The Morgan fingerprint density at radius 2 is 2.04 bits per heavy atom. The second-order valence-corrected chi connectivity index (χ2v) is 7.16. The minimum Gasteiger partial charge on any atom is -0.337 e. The lowest BCUT2D eigenvalue weighted by Gasteiger charge is -2.30. The maximum Gasteiger partial charge on any atom is 0.346 e. The lowest BCUT2D eigenvalue weighted by atomic mass is 10.0. The number of amides is 1. The molecular formula is C20H24N4O2. The van der Waals surface area contributed by atoms with E-state index in [0.717, 1.165) is 37.2 Å². The summed E-state index contributed by atoms with van der Waals surface area (Å²) in [4.78, 5) is 27.8. The van der Waals surface area contributed by atoms with Gasteiger partial charge in [0.25, 0.3) is 0 Å². The number of fused-ring (bicyclic) bond motifs is 1. The normalized spacial score (nSPS) is 19.4. The first-order chi connectivity index (χ1) is 12.6. The molecule has 3 heterocycles. The van der Waals surface area contributed by atoms with Gasteiger partial charge in [-0.3, -0.25) is 9.36 Å². The summed E-state index contributed by atoms with van der Waals surface area (Å²) in [6.45, 7) is 3.84. The van der Waals surface area contributed by atoms with Crippen molar-refractivity contribution in [2.75, 3.05) is 13.1 Å². The van der Waals surface area contributed by atoms with Gasteiger partial charge in [0.05, 0.1) is 6.54 Å². The minimum absolute atomic E-state index is 0.0484. The predicted octanol–water partition coefficient (Wildman–Crippen LogP) is 2.07. The molecular weight excluding hydrogens is 328 g/mol. The van der Waals surface area contributed by atoms with Gasteiger partial charge >= 0.3 is 5.69 Å². The predicted molar refractivity (Wildman–Crippen MR) is 99.1 cm³/mol. The molecule has 4 rings (SSSR count). The molecule has 0 saturated carbocycles. The van der Waals surface area contributed by atoms with E-state index in [0.29, 0.717) is 19.5 Å². The third-order valence-corrected chi connectivity index (χ3v) is 5.24. The van der Waals surface area contributed by atoms with E-state index in [-0.39, 0.29) is 11.6 Å². The average molecular weight is 352 g/mol. The van der Waals surface area contributed by atoms with Crippen LogP contribution in [-0.2, 0) is 17.8 Å². The number of aromatic nitrogens is 3. The zero-order chi connectivity index (χ0) is 18.1. The first-order valence-electron chi connectivity index (χ1n) is 9.31. The van der Waals surface area contributed by atoms with Crippen LogP contribution in [0.3, 0.4) is 0 Å². The Morgan fingerprint density at radius 3 is 2.77 bits per heavy atom. The molecule has 1 amide bonds. The molecule has 6 nitrogen and oxygen atoms in total. The van der Waals surface area contributed by atoms with E-state index in [2.05, 4.69) is 11.2 Å². The largest absolute Gasteiger partial charge is 0.346 e. The van der Waals surface area contributed by atoms with Crippen LogP contribution in [0.25, 0.3) is 0 Å². The van der Waals surface area contributed by atoms with Crippen molar-refractivity contribution >= 4 is 5.91 Å². The number of nitrogens with zero attached hydrogens (tertiary/aromatic N) is 4. The van der Waals surface area contributed by atoms with E-state index in [4.69, 9.17) is 0 Å². The Kier molecular flexibility index (Phi) is 4.49. The van der Waals surface area contributed by atoms with Crippen molar-refractivity contribution in [2.24, 2.45) is 0 Å². The third-order valence-electron chi connectivity index (χ3n) is 5.24. The number of benzene rings is 1. The molecule has 2 aliphatic rings. The molecule has 1 atom stereocenters. The second-order valence-electron chi connectivity index (χ2n) is 7.16. The number of carbonyl (C=O) groups is 1. The van der Waals surface area contributed by atoms with Gasteiger partial charge in [-0.25, -0.2) is 9.48 Å². The highest BCUT2D eigenvalue weighted by molar-refractivity contribution is 5.81. The average Bonchev–Trinajstić information content (AvgIpc) is 2.99. The third kappa shape index (κ3) is 3.11. The molecule has 0 aliphatic carbocycles. The Morgan fingerprint density at radius 1 is 1.23 bits per heavy atom. The van der Waals surface area contributed by atoms with Gasteiger partial charge in [0.2, 0.25) is 5.91 Å². The van der Waals surface area contributed by atoms with Crippen molar-refractivity contribution in [3.05, 3.63) is 63.9 Å². The van der Waals surface area contributed by atoms with Crippen LogP contribution in [0.1, 0.15) is 42.3 Å². The molecule has 2 aliphatic heterocycles. The summed E-state index contributed by atoms with van der Waals surface area (Å²) in [6, 6.07) is 7.69.